The fourth-order valence-corrected chi connectivity index (χ4v) is 2.95. The minimum absolute atomic E-state index is 0.128. The second-order valence-electron chi connectivity index (χ2n) is 5.05. The zero-order chi connectivity index (χ0) is 16.8. The number of aromatic nitrogens is 3. The summed E-state index contributed by atoms with van der Waals surface area (Å²) >= 11 is 1.17. The van der Waals surface area contributed by atoms with Crippen LogP contribution in [0.3, 0.4) is 0 Å². The summed E-state index contributed by atoms with van der Waals surface area (Å²) in [6.45, 7) is 5.90. The van der Waals surface area contributed by atoms with Crippen molar-refractivity contribution < 1.29 is 4.79 Å². The van der Waals surface area contributed by atoms with Gasteiger partial charge in [-0.2, -0.15) is 5.10 Å². The van der Waals surface area contributed by atoms with Gasteiger partial charge in [-0.05, 0) is 30.9 Å². The van der Waals surface area contributed by atoms with Gasteiger partial charge in [0.05, 0.1) is 5.25 Å². The average Bonchev–Trinajstić information content (AvgIpc) is 2.54. The lowest BCUT2D eigenvalue weighted by Gasteiger charge is -2.16. The molecule has 6 nitrogen and oxygen atoms in total. The number of amides is 1. The van der Waals surface area contributed by atoms with Crippen LogP contribution in [0.25, 0.3) is 0 Å². The van der Waals surface area contributed by atoms with E-state index in [9.17, 15) is 9.59 Å². The zero-order valence-electron chi connectivity index (χ0n) is 13.4. The Bertz CT molecular complexity index is 723. The van der Waals surface area contributed by atoms with Gasteiger partial charge >= 0.3 is 0 Å². The summed E-state index contributed by atoms with van der Waals surface area (Å²) in [6.07, 6.45) is 2.80. The molecular formula is C16H20N4O2S. The van der Waals surface area contributed by atoms with Crippen molar-refractivity contribution in [3.63, 3.8) is 0 Å². The lowest BCUT2D eigenvalue weighted by Crippen LogP contribution is -2.24. The molecule has 7 heteroatoms. The van der Waals surface area contributed by atoms with E-state index in [4.69, 9.17) is 0 Å². The summed E-state index contributed by atoms with van der Waals surface area (Å²) in [7, 11) is 0. The Balaban J connectivity index is 2.14. The monoisotopic (exact) mass is 332 g/mol. The quantitative estimate of drug-likeness (QED) is 0.793. The SMILES string of the molecule is CCc1cccc(CC)c1NC(=O)[C@@H](C)Sc1nncc(=O)[nH]1. The highest BCUT2D eigenvalue weighted by molar-refractivity contribution is 8.00. The third-order valence-electron chi connectivity index (χ3n) is 3.46. The maximum Gasteiger partial charge on any atom is 0.270 e. The van der Waals surface area contributed by atoms with E-state index >= 15 is 0 Å². The van der Waals surface area contributed by atoms with Crippen LogP contribution in [0.5, 0.6) is 0 Å². The Kier molecular flexibility index (Phi) is 5.92. The molecule has 23 heavy (non-hydrogen) atoms. The van der Waals surface area contributed by atoms with Gasteiger partial charge < -0.3 is 5.32 Å². The number of carbonyl (C=O) groups excluding carboxylic acids is 1. The number of benzene rings is 1. The largest absolute Gasteiger partial charge is 0.325 e. The number of para-hydroxylation sites is 1. The van der Waals surface area contributed by atoms with E-state index in [2.05, 4.69) is 34.3 Å². The average molecular weight is 332 g/mol. The number of nitrogens with zero attached hydrogens (tertiary/aromatic N) is 2. The van der Waals surface area contributed by atoms with Gasteiger partial charge in [0.15, 0.2) is 5.16 Å². The molecule has 1 heterocycles. The first-order valence-electron chi connectivity index (χ1n) is 7.55. The number of anilines is 1. The summed E-state index contributed by atoms with van der Waals surface area (Å²) < 4.78 is 0. The highest BCUT2D eigenvalue weighted by atomic mass is 32.2. The number of carbonyl (C=O) groups is 1. The van der Waals surface area contributed by atoms with Gasteiger partial charge in [0.2, 0.25) is 5.91 Å². The molecule has 0 spiro atoms. The number of nitrogens with one attached hydrogen (secondary N) is 2. The molecule has 2 aromatic rings. The highest BCUT2D eigenvalue weighted by Crippen LogP contribution is 2.25. The minimum Gasteiger partial charge on any atom is -0.325 e. The summed E-state index contributed by atoms with van der Waals surface area (Å²) in [4.78, 5) is 26.2. The molecule has 122 valence electrons. The molecule has 1 atom stereocenters. The van der Waals surface area contributed by atoms with Gasteiger partial charge in [0.25, 0.3) is 5.56 Å². The van der Waals surface area contributed by atoms with E-state index in [1.54, 1.807) is 6.92 Å². The van der Waals surface area contributed by atoms with Crippen LogP contribution in [0.2, 0.25) is 0 Å². The van der Waals surface area contributed by atoms with Gasteiger partial charge in [-0.3, -0.25) is 14.6 Å². The standard InChI is InChI=1S/C16H20N4O2S/c1-4-11-7-6-8-12(5-2)14(11)19-15(22)10(3)23-16-18-13(21)9-17-20-16/h6-10H,4-5H2,1-3H3,(H,19,22)(H,18,20,21)/t10-/m1/s1. The summed E-state index contributed by atoms with van der Waals surface area (Å²) in [5, 5.41) is 10.3. The van der Waals surface area contributed by atoms with Crippen LogP contribution in [0.15, 0.2) is 34.3 Å². The fraction of sp³-hybridized carbons (Fsp3) is 0.375. The molecule has 2 rings (SSSR count). The van der Waals surface area contributed by atoms with Gasteiger partial charge in [0, 0.05) is 5.69 Å². The molecule has 2 N–H and O–H groups in total. The summed E-state index contributed by atoms with van der Waals surface area (Å²) in [5.74, 6) is -0.128. The Morgan fingerprint density at radius 2 is 1.96 bits per heavy atom. The van der Waals surface area contributed by atoms with Crippen molar-refractivity contribution in [3.05, 3.63) is 45.9 Å². The molecule has 1 aromatic carbocycles. The first kappa shape index (κ1) is 17.2. The molecule has 0 fully saturated rings. The van der Waals surface area contributed by atoms with E-state index in [-0.39, 0.29) is 11.5 Å². The van der Waals surface area contributed by atoms with Crippen LogP contribution in [-0.4, -0.2) is 26.3 Å². The highest BCUT2D eigenvalue weighted by Gasteiger charge is 2.18. The molecule has 0 radical (unpaired) electrons. The van der Waals surface area contributed by atoms with Crippen molar-refractivity contribution in [1.82, 2.24) is 15.2 Å². The van der Waals surface area contributed by atoms with Gasteiger partial charge in [-0.15, -0.1) is 5.10 Å². The molecular weight excluding hydrogens is 312 g/mol. The van der Waals surface area contributed by atoms with Gasteiger partial charge in [0.1, 0.15) is 6.20 Å². The van der Waals surface area contributed by atoms with E-state index in [1.165, 1.54) is 11.8 Å². The van der Waals surface area contributed by atoms with E-state index in [1.807, 2.05) is 18.2 Å². The molecule has 0 aliphatic heterocycles. The number of rotatable bonds is 6. The van der Waals surface area contributed by atoms with E-state index in [0.717, 1.165) is 35.9 Å². The number of H-pyrrole nitrogens is 1. The van der Waals surface area contributed by atoms with Crippen LogP contribution < -0.4 is 10.9 Å². The first-order valence-corrected chi connectivity index (χ1v) is 8.43. The maximum atomic E-state index is 12.5. The fourth-order valence-electron chi connectivity index (χ4n) is 2.20. The number of thioether (sulfide) groups is 1. The smallest absolute Gasteiger partial charge is 0.270 e. The molecule has 0 bridgehead atoms. The number of aryl methyl sites for hydroxylation is 2. The Hall–Kier alpha value is -2.15. The Labute approximate surface area is 139 Å². The maximum absolute atomic E-state index is 12.5. The third-order valence-corrected chi connectivity index (χ3v) is 4.43. The van der Waals surface area contributed by atoms with Crippen LogP contribution >= 0.6 is 11.8 Å². The lowest BCUT2D eigenvalue weighted by molar-refractivity contribution is -0.115. The zero-order valence-corrected chi connectivity index (χ0v) is 14.2. The molecule has 0 aliphatic rings. The van der Waals surface area contributed by atoms with Gasteiger partial charge in [-0.1, -0.05) is 43.8 Å². The Morgan fingerprint density at radius 3 is 2.52 bits per heavy atom. The lowest BCUT2D eigenvalue weighted by atomic mass is 10.0. The van der Waals surface area contributed by atoms with Crippen molar-refractivity contribution >= 4 is 23.4 Å². The number of hydrogen-bond donors (Lipinski definition) is 2. The van der Waals surface area contributed by atoms with Crippen LogP contribution in [0, 0.1) is 0 Å². The molecule has 0 unspecified atom stereocenters. The van der Waals surface area contributed by atoms with E-state index in [0.29, 0.717) is 5.16 Å². The number of aromatic amines is 1. The van der Waals surface area contributed by atoms with Gasteiger partial charge in [-0.25, -0.2) is 0 Å². The number of hydrogen-bond acceptors (Lipinski definition) is 5. The minimum atomic E-state index is -0.406. The predicted molar refractivity (Wildman–Crippen MR) is 91.8 cm³/mol. The van der Waals surface area contributed by atoms with Crippen molar-refractivity contribution in [2.45, 2.75) is 44.0 Å². The normalized spacial score (nSPS) is 12.0. The molecule has 0 aliphatic carbocycles. The molecule has 1 amide bonds. The summed E-state index contributed by atoms with van der Waals surface area (Å²) in [6, 6.07) is 6.05. The van der Waals surface area contributed by atoms with Crippen LogP contribution in [-0.2, 0) is 17.6 Å². The third kappa shape index (κ3) is 4.41. The van der Waals surface area contributed by atoms with Crippen molar-refractivity contribution in [2.24, 2.45) is 0 Å². The van der Waals surface area contributed by atoms with Crippen molar-refractivity contribution in [1.29, 1.82) is 0 Å². The van der Waals surface area contributed by atoms with Crippen molar-refractivity contribution in [3.8, 4) is 0 Å². The molecule has 1 aromatic heterocycles. The van der Waals surface area contributed by atoms with Crippen LogP contribution in [0.1, 0.15) is 31.9 Å². The Morgan fingerprint density at radius 1 is 1.30 bits per heavy atom. The first-order chi connectivity index (χ1) is 11.0. The topological polar surface area (TPSA) is 87.7 Å². The summed E-state index contributed by atoms with van der Waals surface area (Å²) in [5.41, 5.74) is 2.79. The predicted octanol–water partition coefficient (Wildman–Crippen LogP) is 2.41. The second-order valence-corrected chi connectivity index (χ2v) is 6.38. The second kappa shape index (κ2) is 7.92. The molecule has 0 saturated carbocycles. The van der Waals surface area contributed by atoms with Crippen molar-refractivity contribution in [2.75, 3.05) is 5.32 Å². The molecule has 0 saturated heterocycles. The van der Waals surface area contributed by atoms with Crippen LogP contribution in [0.4, 0.5) is 5.69 Å². The van der Waals surface area contributed by atoms with E-state index < -0.39 is 5.25 Å².